The number of aromatic nitrogens is 3. The lowest BCUT2D eigenvalue weighted by molar-refractivity contribution is 0.524. The second-order valence-corrected chi connectivity index (χ2v) is 7.28. The predicted octanol–water partition coefficient (Wildman–Crippen LogP) is 2.59. The number of hydrogen-bond donors (Lipinski definition) is 1. The summed E-state index contributed by atoms with van der Waals surface area (Å²) in [4.78, 5) is 0. The molecular formula is C11H12BrClN4O2S. The van der Waals surface area contributed by atoms with Crippen LogP contribution in [0.5, 0.6) is 0 Å². The van der Waals surface area contributed by atoms with Crippen molar-refractivity contribution in [3.63, 3.8) is 0 Å². The molecular weight excluding hydrogens is 368 g/mol. The van der Waals surface area contributed by atoms with Crippen LogP contribution >= 0.6 is 27.5 Å². The van der Waals surface area contributed by atoms with Crippen LogP contribution < -0.4 is 5.14 Å². The number of nitrogens with two attached hydrogens (primary N) is 1. The molecule has 0 aliphatic carbocycles. The number of halogens is 2. The summed E-state index contributed by atoms with van der Waals surface area (Å²) in [5.41, 5.74) is 0.653. The van der Waals surface area contributed by atoms with Gasteiger partial charge in [0.1, 0.15) is 0 Å². The third-order valence-corrected chi connectivity index (χ3v) is 4.02. The van der Waals surface area contributed by atoms with Crippen molar-refractivity contribution >= 4 is 37.6 Å². The molecule has 6 nitrogen and oxygen atoms in total. The Balaban J connectivity index is 2.72. The molecule has 9 heteroatoms. The molecule has 2 N–H and O–H groups in total. The van der Waals surface area contributed by atoms with E-state index in [0.29, 0.717) is 16.4 Å². The monoisotopic (exact) mass is 378 g/mol. The third kappa shape index (κ3) is 3.03. The van der Waals surface area contributed by atoms with Crippen molar-refractivity contribution in [1.29, 1.82) is 0 Å². The van der Waals surface area contributed by atoms with E-state index in [1.165, 1.54) is 4.57 Å². The molecule has 0 atom stereocenters. The Bertz CT molecular complexity index is 738. The molecule has 0 aliphatic heterocycles. The molecule has 1 aromatic heterocycles. The summed E-state index contributed by atoms with van der Waals surface area (Å²) >= 11 is 9.33. The van der Waals surface area contributed by atoms with E-state index in [-0.39, 0.29) is 11.2 Å². The van der Waals surface area contributed by atoms with Gasteiger partial charge in [-0.2, -0.15) is 0 Å². The normalized spacial score (nSPS) is 12.1. The molecule has 108 valence electrons. The van der Waals surface area contributed by atoms with Crippen molar-refractivity contribution < 1.29 is 8.42 Å². The zero-order valence-corrected chi connectivity index (χ0v) is 13.9. The van der Waals surface area contributed by atoms with Crippen LogP contribution in [0, 0.1) is 0 Å². The second kappa shape index (κ2) is 5.44. The highest BCUT2D eigenvalue weighted by Crippen LogP contribution is 2.29. The number of rotatable bonds is 3. The molecule has 0 saturated carbocycles. The molecule has 0 unspecified atom stereocenters. The molecule has 2 rings (SSSR count). The van der Waals surface area contributed by atoms with E-state index in [1.807, 2.05) is 13.8 Å². The minimum atomic E-state index is -3.94. The van der Waals surface area contributed by atoms with Gasteiger partial charge in [0.05, 0.1) is 0 Å². The summed E-state index contributed by atoms with van der Waals surface area (Å²) in [6.45, 7) is 3.64. The van der Waals surface area contributed by atoms with Crippen LogP contribution in [0.1, 0.15) is 19.9 Å². The van der Waals surface area contributed by atoms with Gasteiger partial charge in [-0.25, -0.2) is 13.6 Å². The van der Waals surface area contributed by atoms with Crippen LogP contribution in [-0.4, -0.2) is 23.2 Å². The summed E-state index contributed by atoms with van der Waals surface area (Å²) < 4.78 is 25.3. The Morgan fingerprint density at radius 2 is 1.95 bits per heavy atom. The molecule has 0 bridgehead atoms. The van der Waals surface area contributed by atoms with Crippen molar-refractivity contribution in [1.82, 2.24) is 14.8 Å². The van der Waals surface area contributed by atoms with Gasteiger partial charge in [0.2, 0.25) is 0 Å². The number of sulfonamides is 1. The number of benzene rings is 1. The van der Waals surface area contributed by atoms with E-state index in [9.17, 15) is 8.42 Å². The van der Waals surface area contributed by atoms with Crippen LogP contribution in [0.3, 0.4) is 0 Å². The standard InChI is InChI=1S/C11H12BrClN4O2S/c1-6(2)17-10(15-16-11(17)20(14,18)19)7-3-8(12)5-9(13)4-7/h3-6H,1-2H3,(H2,14,18,19). The number of nitrogens with zero attached hydrogens (tertiary/aromatic N) is 3. The van der Waals surface area contributed by atoms with Gasteiger partial charge >= 0.3 is 0 Å². The molecule has 0 fully saturated rings. The summed E-state index contributed by atoms with van der Waals surface area (Å²) in [6, 6.07) is 5.01. The second-order valence-electron chi connectivity index (χ2n) is 4.47. The van der Waals surface area contributed by atoms with E-state index >= 15 is 0 Å². The zero-order valence-electron chi connectivity index (χ0n) is 10.7. The first-order chi connectivity index (χ1) is 9.20. The van der Waals surface area contributed by atoms with E-state index < -0.39 is 10.0 Å². The van der Waals surface area contributed by atoms with Crippen molar-refractivity contribution in [2.24, 2.45) is 5.14 Å². The first-order valence-corrected chi connectivity index (χ1v) is 8.36. The minimum absolute atomic E-state index is 0.175. The summed E-state index contributed by atoms with van der Waals surface area (Å²) in [5, 5.41) is 13.0. The van der Waals surface area contributed by atoms with Gasteiger partial charge in [-0.05, 0) is 32.0 Å². The molecule has 1 aromatic carbocycles. The lowest BCUT2D eigenvalue weighted by atomic mass is 10.2. The molecule has 20 heavy (non-hydrogen) atoms. The van der Waals surface area contributed by atoms with Gasteiger partial charge in [-0.1, -0.05) is 27.5 Å². The average Bonchev–Trinajstić information content (AvgIpc) is 2.71. The van der Waals surface area contributed by atoms with Gasteiger partial charge in [-0.15, -0.1) is 10.2 Å². The predicted molar refractivity (Wildman–Crippen MR) is 79.9 cm³/mol. The van der Waals surface area contributed by atoms with Gasteiger partial charge in [0.25, 0.3) is 15.2 Å². The maximum absolute atomic E-state index is 11.6. The lowest BCUT2D eigenvalue weighted by Crippen LogP contribution is -2.20. The van der Waals surface area contributed by atoms with E-state index in [2.05, 4.69) is 26.1 Å². The summed E-state index contributed by atoms with van der Waals surface area (Å²) in [6.07, 6.45) is 0. The Kier molecular flexibility index (Phi) is 4.19. The van der Waals surface area contributed by atoms with Gasteiger partial charge < -0.3 is 0 Å². The molecule has 0 spiro atoms. The smallest absolute Gasteiger partial charge is 0.273 e. The first-order valence-electron chi connectivity index (χ1n) is 5.64. The minimum Gasteiger partial charge on any atom is -0.294 e. The van der Waals surface area contributed by atoms with Crippen LogP contribution in [-0.2, 0) is 10.0 Å². The van der Waals surface area contributed by atoms with Crippen molar-refractivity contribution in [3.8, 4) is 11.4 Å². The molecule has 0 saturated heterocycles. The summed E-state index contributed by atoms with van der Waals surface area (Å²) in [7, 11) is -3.94. The lowest BCUT2D eigenvalue weighted by Gasteiger charge is -2.13. The van der Waals surface area contributed by atoms with Crippen LogP contribution in [0.25, 0.3) is 11.4 Å². The highest BCUT2D eigenvalue weighted by molar-refractivity contribution is 9.10. The Hall–Kier alpha value is -0.960. The Morgan fingerprint density at radius 3 is 2.45 bits per heavy atom. The van der Waals surface area contributed by atoms with E-state index in [0.717, 1.165) is 4.47 Å². The zero-order chi connectivity index (χ0) is 15.1. The third-order valence-electron chi connectivity index (χ3n) is 2.56. The molecule has 0 radical (unpaired) electrons. The topological polar surface area (TPSA) is 90.9 Å². The average molecular weight is 380 g/mol. The van der Waals surface area contributed by atoms with Crippen LogP contribution in [0.15, 0.2) is 27.8 Å². The largest absolute Gasteiger partial charge is 0.294 e. The fourth-order valence-electron chi connectivity index (χ4n) is 1.82. The Morgan fingerprint density at radius 1 is 1.30 bits per heavy atom. The Labute approximate surface area is 130 Å². The maximum atomic E-state index is 11.6. The van der Waals surface area contributed by atoms with Crippen LogP contribution in [0.4, 0.5) is 0 Å². The van der Waals surface area contributed by atoms with Gasteiger partial charge in [0, 0.05) is 21.1 Å². The maximum Gasteiger partial charge on any atom is 0.273 e. The van der Waals surface area contributed by atoms with Crippen LogP contribution in [0.2, 0.25) is 5.02 Å². The first kappa shape index (κ1) is 15.4. The summed E-state index contributed by atoms with van der Waals surface area (Å²) in [5.74, 6) is 0.396. The molecule has 2 aromatic rings. The highest BCUT2D eigenvalue weighted by Gasteiger charge is 2.24. The fourth-order valence-corrected chi connectivity index (χ4v) is 3.40. The van der Waals surface area contributed by atoms with E-state index in [1.54, 1.807) is 18.2 Å². The SMILES string of the molecule is CC(C)n1c(-c2cc(Cl)cc(Br)c2)nnc1S(N)(=O)=O. The highest BCUT2D eigenvalue weighted by atomic mass is 79.9. The number of hydrogen-bond acceptors (Lipinski definition) is 4. The molecule has 0 aliphatic rings. The molecule has 0 amide bonds. The van der Waals surface area contributed by atoms with Gasteiger partial charge in [0.15, 0.2) is 5.82 Å². The van der Waals surface area contributed by atoms with Gasteiger partial charge in [-0.3, -0.25) is 4.57 Å². The van der Waals surface area contributed by atoms with Crippen molar-refractivity contribution in [3.05, 3.63) is 27.7 Å². The fraction of sp³-hybridized carbons (Fsp3) is 0.273. The molecule has 1 heterocycles. The van der Waals surface area contributed by atoms with Crippen molar-refractivity contribution in [2.75, 3.05) is 0 Å². The van der Waals surface area contributed by atoms with E-state index in [4.69, 9.17) is 16.7 Å². The quantitative estimate of drug-likeness (QED) is 0.887. The number of primary sulfonamides is 1. The van der Waals surface area contributed by atoms with Crippen molar-refractivity contribution in [2.45, 2.75) is 25.0 Å².